The summed E-state index contributed by atoms with van der Waals surface area (Å²) in [4.78, 5) is 52.4. The molecule has 0 saturated heterocycles. The van der Waals surface area contributed by atoms with E-state index in [-0.39, 0.29) is 30.5 Å². The predicted octanol–water partition coefficient (Wildman–Crippen LogP) is 4.28. The smallest absolute Gasteiger partial charge is 0.303 e. The van der Waals surface area contributed by atoms with Crippen molar-refractivity contribution in [2.45, 2.75) is 194 Å². The Morgan fingerprint density at radius 2 is 0.952 bits per heavy atom. The highest BCUT2D eigenvalue weighted by molar-refractivity contribution is 5.93. The first-order valence-electron chi connectivity index (χ1n) is 23.1. The molecule has 8 aliphatic carbocycles. The Morgan fingerprint density at radius 3 is 1.31 bits per heavy atom. The molecule has 0 aliphatic heterocycles. The van der Waals surface area contributed by atoms with Crippen LogP contribution in [0.2, 0.25) is 0 Å². The lowest BCUT2D eigenvalue weighted by Gasteiger charge is -2.68. The van der Waals surface area contributed by atoms with Crippen LogP contribution in [0.25, 0.3) is 0 Å². The van der Waals surface area contributed by atoms with Crippen LogP contribution in [0, 0.1) is 63.1 Å². The molecule has 18 atom stereocenters. The van der Waals surface area contributed by atoms with Crippen molar-refractivity contribution in [1.82, 2.24) is 0 Å². The fraction of sp³-hybridized carbons (Fsp3) is 0.837. The largest absolute Gasteiger partial charge is 0.459 e. The molecule has 6 fully saturated rings. The van der Waals surface area contributed by atoms with E-state index in [1.165, 1.54) is 13.8 Å². The van der Waals surface area contributed by atoms with Gasteiger partial charge in [0.15, 0.2) is 5.78 Å². The van der Waals surface area contributed by atoms with Crippen LogP contribution < -0.4 is 0 Å². The molecule has 0 amide bonds. The van der Waals surface area contributed by atoms with E-state index in [0.717, 1.165) is 24.0 Å². The zero-order valence-electron chi connectivity index (χ0n) is 39.2. The molecule has 13 heteroatoms. The number of esters is 2. The molecule has 13 nitrogen and oxygen atoms in total. The van der Waals surface area contributed by atoms with Gasteiger partial charge in [-0.1, -0.05) is 48.5 Å². The third kappa shape index (κ3) is 5.69. The summed E-state index contributed by atoms with van der Waals surface area (Å²) in [6, 6.07) is 0. The molecule has 6 saturated carbocycles. The highest BCUT2D eigenvalue weighted by Gasteiger charge is 2.76. The monoisotopic (exact) mass is 871 g/mol. The summed E-state index contributed by atoms with van der Waals surface area (Å²) in [5.41, 5.74) is -6.69. The van der Waals surface area contributed by atoms with Crippen molar-refractivity contribution < 1.29 is 64.4 Å². The summed E-state index contributed by atoms with van der Waals surface area (Å²) in [5, 5.41) is 80.1. The van der Waals surface area contributed by atoms with Crippen molar-refractivity contribution in [3.8, 4) is 0 Å². The fourth-order valence-electron chi connectivity index (χ4n) is 16.4. The fourth-order valence-corrected chi connectivity index (χ4v) is 16.4. The second-order valence-electron chi connectivity index (χ2n) is 22.8. The Balaban J connectivity index is 0.000000186. The number of carbonyl (C=O) groups is 4. The van der Waals surface area contributed by atoms with E-state index < -0.39 is 122 Å². The average molecular weight is 871 g/mol. The van der Waals surface area contributed by atoms with Crippen LogP contribution in [0.3, 0.4) is 0 Å². The number of hydrogen-bond acceptors (Lipinski definition) is 13. The van der Waals surface area contributed by atoms with Crippen LogP contribution in [-0.4, -0.2) is 112 Å². The minimum atomic E-state index is -1.57. The highest BCUT2D eigenvalue weighted by Crippen LogP contribution is 2.70. The summed E-state index contributed by atoms with van der Waals surface area (Å²) in [6.45, 7) is 22.8. The number of fused-ring (bicyclic) bond motifs is 10. The number of aliphatic hydroxyl groups excluding tert-OH is 5. The molecule has 4 bridgehead atoms. The Hall–Kier alpha value is -2.52. The third-order valence-corrected chi connectivity index (χ3v) is 19.8. The minimum Gasteiger partial charge on any atom is -0.459 e. The second-order valence-corrected chi connectivity index (χ2v) is 22.8. The van der Waals surface area contributed by atoms with Gasteiger partial charge in [-0.3, -0.25) is 19.2 Å². The molecule has 7 N–H and O–H groups in total. The van der Waals surface area contributed by atoms with Gasteiger partial charge < -0.3 is 45.2 Å². The van der Waals surface area contributed by atoms with Crippen molar-refractivity contribution in [3.05, 3.63) is 22.3 Å². The van der Waals surface area contributed by atoms with E-state index in [2.05, 4.69) is 0 Å². The maximum absolute atomic E-state index is 14.2. The zero-order chi connectivity index (χ0) is 46.6. The van der Waals surface area contributed by atoms with E-state index in [0.29, 0.717) is 36.8 Å². The zero-order valence-corrected chi connectivity index (χ0v) is 39.2. The van der Waals surface area contributed by atoms with E-state index in [1.54, 1.807) is 34.6 Å². The molecule has 348 valence electrons. The second kappa shape index (κ2) is 14.5. The van der Waals surface area contributed by atoms with Gasteiger partial charge >= 0.3 is 11.9 Å². The minimum absolute atomic E-state index is 0.0357. The third-order valence-electron chi connectivity index (χ3n) is 19.8. The Bertz CT molecular complexity index is 1860. The molecule has 0 unspecified atom stereocenters. The molecule has 62 heavy (non-hydrogen) atoms. The number of carbonyl (C=O) groups excluding carboxylic acids is 4. The van der Waals surface area contributed by atoms with Gasteiger partial charge in [0.25, 0.3) is 0 Å². The summed E-state index contributed by atoms with van der Waals surface area (Å²) in [5.74, 6) is -4.54. The molecule has 8 aliphatic rings. The van der Waals surface area contributed by atoms with Gasteiger partial charge in [0.05, 0.1) is 46.4 Å². The van der Waals surface area contributed by atoms with Crippen LogP contribution in [-0.2, 0) is 28.7 Å². The van der Waals surface area contributed by atoms with E-state index in [1.807, 2.05) is 41.5 Å². The SMILES string of the molecule is CC(=O)O[C@@]12CC[C@@H]1C[C@H](O)[C@@]1(C)C(=O)[C@H](C)C3=C(C)[C@@H](O)C[C@@](O)([C@@H](C)[C@H]21)C3(C)C.CC(=O)O[C@@]12CC[C@@H]1C[C@H](O)[C@@]1(C)C(=O)[C@H](O)C3=C(C)[C@@H](O)C[C@@](O)([C@@H](C)[C@H]21)C3(C)C. The van der Waals surface area contributed by atoms with Crippen LogP contribution in [0.1, 0.15) is 141 Å². The molecule has 8 rings (SSSR count). The van der Waals surface area contributed by atoms with Crippen LogP contribution in [0.4, 0.5) is 0 Å². The topological polar surface area (TPSA) is 228 Å². The van der Waals surface area contributed by atoms with E-state index in [4.69, 9.17) is 9.47 Å². The van der Waals surface area contributed by atoms with Crippen molar-refractivity contribution in [2.75, 3.05) is 0 Å². The van der Waals surface area contributed by atoms with Gasteiger partial charge in [-0.05, 0) is 100 Å². The molecular weight excluding hydrogens is 797 g/mol. The average Bonchev–Trinajstić information content (AvgIpc) is 3.16. The van der Waals surface area contributed by atoms with Gasteiger partial charge in [-0.2, -0.15) is 0 Å². The maximum atomic E-state index is 14.2. The maximum Gasteiger partial charge on any atom is 0.303 e. The lowest BCUT2D eigenvalue weighted by atomic mass is 9.38. The molecule has 0 aromatic rings. The number of ketones is 2. The number of aliphatic hydroxyl groups is 7. The molecule has 0 spiro atoms. The Labute approximate surface area is 366 Å². The Morgan fingerprint density at radius 1 is 0.597 bits per heavy atom. The molecular formula is C49H74O13. The Kier molecular flexibility index (Phi) is 11.1. The van der Waals surface area contributed by atoms with Gasteiger partial charge in [0.1, 0.15) is 23.1 Å². The molecule has 0 aromatic carbocycles. The normalized spacial score (nSPS) is 51.1. The summed E-state index contributed by atoms with van der Waals surface area (Å²) in [7, 11) is 0. The number of Topliss-reactive ketones (excluding diaryl/α,β-unsaturated/α-hetero) is 2. The number of ether oxygens (including phenoxy) is 2. The molecule has 0 radical (unpaired) electrons. The summed E-state index contributed by atoms with van der Waals surface area (Å²) >= 11 is 0. The lowest BCUT2D eigenvalue weighted by Crippen LogP contribution is -2.76. The van der Waals surface area contributed by atoms with Gasteiger partial charge in [0.2, 0.25) is 0 Å². The summed E-state index contributed by atoms with van der Waals surface area (Å²) < 4.78 is 12.0. The van der Waals surface area contributed by atoms with Crippen molar-refractivity contribution >= 4 is 23.5 Å². The quantitative estimate of drug-likeness (QED) is 0.152. The predicted molar refractivity (Wildman–Crippen MR) is 227 cm³/mol. The molecule has 0 heterocycles. The number of rotatable bonds is 2. The van der Waals surface area contributed by atoms with Crippen LogP contribution in [0.15, 0.2) is 22.3 Å². The first-order chi connectivity index (χ1) is 28.3. The van der Waals surface area contributed by atoms with Crippen molar-refractivity contribution in [3.63, 3.8) is 0 Å². The van der Waals surface area contributed by atoms with E-state index in [9.17, 15) is 54.9 Å². The van der Waals surface area contributed by atoms with E-state index >= 15 is 0 Å². The van der Waals surface area contributed by atoms with Gasteiger partial charge in [0, 0.05) is 67.1 Å². The first kappa shape index (κ1) is 47.4. The lowest BCUT2D eigenvalue weighted by molar-refractivity contribution is -0.282. The summed E-state index contributed by atoms with van der Waals surface area (Å²) in [6.07, 6.45) is -1.68. The molecule has 0 aromatic heterocycles. The van der Waals surface area contributed by atoms with Gasteiger partial charge in [-0.15, -0.1) is 0 Å². The number of hydrogen-bond donors (Lipinski definition) is 7. The van der Waals surface area contributed by atoms with Crippen LogP contribution in [0.5, 0.6) is 0 Å². The van der Waals surface area contributed by atoms with Crippen molar-refractivity contribution in [1.29, 1.82) is 0 Å². The standard InChI is InChI=1S/C25H38O6.C24H36O7/c1-12-17(27)11-25(30)14(3)20-23(7,21(29)13(2)19(12)22(25,5)6)18(28)10-16-8-9-24(16,20)31-15(4)26;1-11-15(26)10-24(30)12(2)19-22(6,20(29)18(28)17(11)21(24,4)5)16(27)9-14-7-8-23(14,19)31-13(3)25/h13-14,16-18,20,27-28,30H,8-11H2,1-7H3;12,14-16,18-19,26-28,30H,7-10H2,1-6H3/t13-,14+,16-,17+,18+,20+,23-,24+,25-;12-,14+,15-,16-,18+,19-,22+,23-,24+/m10/s1. The first-order valence-corrected chi connectivity index (χ1v) is 23.1. The van der Waals surface area contributed by atoms with Gasteiger partial charge in [-0.25, -0.2) is 0 Å². The van der Waals surface area contributed by atoms with Crippen LogP contribution >= 0.6 is 0 Å². The van der Waals surface area contributed by atoms with Crippen molar-refractivity contribution in [2.24, 2.45) is 63.1 Å². The highest BCUT2D eigenvalue weighted by atomic mass is 16.6.